The quantitative estimate of drug-likeness (QED) is 0.682. The second kappa shape index (κ2) is 7.43. The van der Waals surface area contributed by atoms with Crippen molar-refractivity contribution in [3.05, 3.63) is 24.3 Å². The molecule has 2 N–H and O–H groups in total. The third-order valence-corrected chi connectivity index (χ3v) is 4.41. The Balaban J connectivity index is 1.82. The summed E-state index contributed by atoms with van der Waals surface area (Å²) in [7, 11) is 0. The summed E-state index contributed by atoms with van der Waals surface area (Å²) >= 11 is 1.58. The summed E-state index contributed by atoms with van der Waals surface area (Å²) in [5.41, 5.74) is 6.49. The summed E-state index contributed by atoms with van der Waals surface area (Å²) in [5, 5.41) is 0. The molecule has 1 saturated heterocycles. The van der Waals surface area contributed by atoms with Crippen LogP contribution in [0.3, 0.4) is 0 Å². The normalized spacial score (nSPS) is 16.7. The molecule has 4 heteroatoms. The molecule has 0 atom stereocenters. The van der Waals surface area contributed by atoms with Gasteiger partial charge in [-0.15, -0.1) is 11.8 Å². The van der Waals surface area contributed by atoms with Crippen LogP contribution in [-0.2, 0) is 4.79 Å². The number of rotatable bonds is 3. The van der Waals surface area contributed by atoms with Crippen molar-refractivity contribution in [2.24, 2.45) is 0 Å². The standard InChI is InChI=1S/C15H22N2OS/c16-13-7-6-8-14(11-13)19-12-15(18)17-9-4-2-1-3-5-10-17/h6-8,11H,1-5,9-10,12,16H2. The number of nitrogens with zero attached hydrogens (tertiary/aromatic N) is 1. The summed E-state index contributed by atoms with van der Waals surface area (Å²) in [4.78, 5) is 15.3. The van der Waals surface area contributed by atoms with Gasteiger partial charge in [0.1, 0.15) is 0 Å². The predicted octanol–water partition coefficient (Wildman–Crippen LogP) is 3.15. The SMILES string of the molecule is Nc1cccc(SCC(=O)N2CCCCCCC2)c1. The lowest BCUT2D eigenvalue weighted by atomic mass is 10.1. The molecule has 1 amide bonds. The molecule has 0 aliphatic carbocycles. The highest BCUT2D eigenvalue weighted by Crippen LogP contribution is 2.21. The number of carbonyl (C=O) groups excluding carboxylic acids is 1. The zero-order chi connectivity index (χ0) is 13.5. The number of likely N-dealkylation sites (tertiary alicyclic amines) is 1. The van der Waals surface area contributed by atoms with E-state index in [0.717, 1.165) is 36.5 Å². The fourth-order valence-corrected chi connectivity index (χ4v) is 3.20. The van der Waals surface area contributed by atoms with Crippen LogP contribution in [0, 0.1) is 0 Å². The second-order valence-electron chi connectivity index (χ2n) is 5.01. The van der Waals surface area contributed by atoms with Crippen molar-refractivity contribution in [3.63, 3.8) is 0 Å². The third-order valence-electron chi connectivity index (χ3n) is 3.43. The Labute approximate surface area is 119 Å². The van der Waals surface area contributed by atoms with E-state index in [-0.39, 0.29) is 5.91 Å². The first kappa shape index (κ1) is 14.3. The molecule has 1 aromatic carbocycles. The van der Waals surface area contributed by atoms with Crippen LogP contribution in [-0.4, -0.2) is 29.6 Å². The van der Waals surface area contributed by atoms with Gasteiger partial charge in [0, 0.05) is 23.7 Å². The Bertz CT molecular complexity index is 414. The van der Waals surface area contributed by atoms with Gasteiger partial charge in [0.15, 0.2) is 0 Å². The van der Waals surface area contributed by atoms with Gasteiger partial charge >= 0.3 is 0 Å². The first-order valence-corrected chi connectivity index (χ1v) is 8.00. The van der Waals surface area contributed by atoms with Gasteiger partial charge in [-0.2, -0.15) is 0 Å². The highest BCUT2D eigenvalue weighted by molar-refractivity contribution is 8.00. The molecule has 3 nitrogen and oxygen atoms in total. The molecule has 1 aromatic rings. The van der Waals surface area contributed by atoms with Gasteiger partial charge in [-0.3, -0.25) is 4.79 Å². The minimum atomic E-state index is 0.259. The summed E-state index contributed by atoms with van der Waals surface area (Å²) in [6, 6.07) is 7.72. The van der Waals surface area contributed by atoms with Crippen molar-refractivity contribution in [3.8, 4) is 0 Å². The van der Waals surface area contributed by atoms with Gasteiger partial charge in [-0.1, -0.05) is 25.3 Å². The lowest BCUT2D eigenvalue weighted by molar-refractivity contribution is -0.128. The number of carbonyl (C=O) groups is 1. The molecule has 0 unspecified atom stereocenters. The van der Waals surface area contributed by atoms with Crippen molar-refractivity contribution in [1.82, 2.24) is 4.90 Å². The van der Waals surface area contributed by atoms with Gasteiger partial charge in [0.25, 0.3) is 0 Å². The van der Waals surface area contributed by atoms with Gasteiger partial charge in [0.2, 0.25) is 5.91 Å². The molecule has 104 valence electrons. The maximum absolute atomic E-state index is 12.2. The molecule has 19 heavy (non-hydrogen) atoms. The van der Waals surface area contributed by atoms with Crippen molar-refractivity contribution in [2.75, 3.05) is 24.6 Å². The van der Waals surface area contributed by atoms with Crippen LogP contribution in [0.25, 0.3) is 0 Å². The predicted molar refractivity (Wildman–Crippen MR) is 81.2 cm³/mol. The second-order valence-corrected chi connectivity index (χ2v) is 6.06. The lowest BCUT2D eigenvalue weighted by Gasteiger charge is -2.24. The van der Waals surface area contributed by atoms with E-state index in [1.807, 2.05) is 29.2 Å². The van der Waals surface area contributed by atoms with E-state index in [1.165, 1.54) is 19.3 Å². The van der Waals surface area contributed by atoms with E-state index in [9.17, 15) is 4.79 Å². The minimum absolute atomic E-state index is 0.259. The van der Waals surface area contributed by atoms with E-state index < -0.39 is 0 Å². The van der Waals surface area contributed by atoms with Crippen molar-refractivity contribution in [1.29, 1.82) is 0 Å². The first-order chi connectivity index (χ1) is 9.25. The molecular weight excluding hydrogens is 256 g/mol. The molecule has 0 saturated carbocycles. The maximum atomic E-state index is 12.2. The highest BCUT2D eigenvalue weighted by atomic mass is 32.2. The van der Waals surface area contributed by atoms with Crippen LogP contribution >= 0.6 is 11.8 Å². The molecule has 0 spiro atoms. The van der Waals surface area contributed by atoms with Crippen LogP contribution in [0.1, 0.15) is 32.1 Å². The van der Waals surface area contributed by atoms with Crippen LogP contribution < -0.4 is 5.73 Å². The molecule has 1 aliphatic rings. The lowest BCUT2D eigenvalue weighted by Crippen LogP contribution is -2.35. The number of hydrogen-bond donors (Lipinski definition) is 1. The Morgan fingerprint density at radius 1 is 1.16 bits per heavy atom. The van der Waals surface area contributed by atoms with E-state index in [1.54, 1.807) is 11.8 Å². The summed E-state index contributed by atoms with van der Waals surface area (Å²) in [6.45, 7) is 1.85. The zero-order valence-corrected chi connectivity index (χ0v) is 12.1. The molecular formula is C15H22N2OS. The molecule has 0 radical (unpaired) electrons. The number of benzene rings is 1. The van der Waals surface area contributed by atoms with Gasteiger partial charge in [0.05, 0.1) is 5.75 Å². The van der Waals surface area contributed by atoms with E-state index >= 15 is 0 Å². The number of nitrogens with two attached hydrogens (primary N) is 1. The van der Waals surface area contributed by atoms with Crippen LogP contribution in [0.4, 0.5) is 5.69 Å². The molecule has 0 bridgehead atoms. The average Bonchev–Trinajstić information content (AvgIpc) is 2.36. The van der Waals surface area contributed by atoms with E-state index in [2.05, 4.69) is 0 Å². The first-order valence-electron chi connectivity index (χ1n) is 7.02. The van der Waals surface area contributed by atoms with Crippen molar-refractivity contribution >= 4 is 23.4 Å². The highest BCUT2D eigenvalue weighted by Gasteiger charge is 2.14. The largest absolute Gasteiger partial charge is 0.399 e. The van der Waals surface area contributed by atoms with Crippen LogP contribution in [0.15, 0.2) is 29.2 Å². The van der Waals surface area contributed by atoms with Crippen LogP contribution in [0.2, 0.25) is 0 Å². The van der Waals surface area contributed by atoms with Crippen molar-refractivity contribution in [2.45, 2.75) is 37.0 Å². The Hall–Kier alpha value is -1.16. The maximum Gasteiger partial charge on any atom is 0.232 e. The number of hydrogen-bond acceptors (Lipinski definition) is 3. The Kier molecular flexibility index (Phi) is 5.58. The van der Waals surface area contributed by atoms with Crippen molar-refractivity contribution < 1.29 is 4.79 Å². The topological polar surface area (TPSA) is 46.3 Å². The number of thioether (sulfide) groups is 1. The molecule has 1 heterocycles. The molecule has 0 aromatic heterocycles. The average molecular weight is 278 g/mol. The minimum Gasteiger partial charge on any atom is -0.399 e. The molecule has 1 fully saturated rings. The monoisotopic (exact) mass is 278 g/mol. The van der Waals surface area contributed by atoms with Gasteiger partial charge < -0.3 is 10.6 Å². The Morgan fingerprint density at radius 3 is 2.53 bits per heavy atom. The smallest absolute Gasteiger partial charge is 0.232 e. The fraction of sp³-hybridized carbons (Fsp3) is 0.533. The van der Waals surface area contributed by atoms with E-state index in [0.29, 0.717) is 5.75 Å². The number of nitrogen functional groups attached to an aromatic ring is 1. The van der Waals surface area contributed by atoms with Gasteiger partial charge in [-0.25, -0.2) is 0 Å². The molecule has 2 rings (SSSR count). The summed E-state index contributed by atoms with van der Waals surface area (Å²) in [5.74, 6) is 0.776. The summed E-state index contributed by atoms with van der Waals surface area (Å²) < 4.78 is 0. The molecule has 1 aliphatic heterocycles. The summed E-state index contributed by atoms with van der Waals surface area (Å²) in [6.07, 6.45) is 6.13. The fourth-order valence-electron chi connectivity index (χ4n) is 2.34. The number of amides is 1. The third kappa shape index (κ3) is 4.78. The zero-order valence-electron chi connectivity index (χ0n) is 11.3. The van der Waals surface area contributed by atoms with Gasteiger partial charge in [-0.05, 0) is 31.0 Å². The number of anilines is 1. The Morgan fingerprint density at radius 2 is 1.84 bits per heavy atom. The van der Waals surface area contributed by atoms with E-state index in [4.69, 9.17) is 5.73 Å². The van der Waals surface area contributed by atoms with Crippen LogP contribution in [0.5, 0.6) is 0 Å².